The molecule has 0 aliphatic heterocycles. The fourth-order valence-corrected chi connectivity index (χ4v) is 3.83. The first kappa shape index (κ1) is 18.7. The molecule has 4 nitrogen and oxygen atoms in total. The molecule has 1 saturated carbocycles. The summed E-state index contributed by atoms with van der Waals surface area (Å²) in [4.78, 5) is 27.0. The molecule has 2 aliphatic carbocycles. The number of aryl methyl sites for hydroxylation is 1. The summed E-state index contributed by atoms with van der Waals surface area (Å²) in [5.74, 6) is -0.195. The predicted molar refractivity (Wildman–Crippen MR) is 105 cm³/mol. The molecule has 1 N–H and O–H groups in total. The van der Waals surface area contributed by atoms with Gasteiger partial charge in [-0.1, -0.05) is 23.8 Å². The molecule has 2 amide bonds. The van der Waals surface area contributed by atoms with Crippen molar-refractivity contribution in [2.45, 2.75) is 52.4 Å². The third-order valence-corrected chi connectivity index (χ3v) is 5.47. The molecule has 0 heterocycles. The molecule has 2 aliphatic rings. The molecule has 0 saturated heterocycles. The van der Waals surface area contributed by atoms with Crippen LogP contribution in [0, 0.1) is 18.8 Å². The molecule has 1 aromatic carbocycles. The fourth-order valence-electron chi connectivity index (χ4n) is 3.83. The number of anilines is 1. The van der Waals surface area contributed by atoms with Crippen LogP contribution in [-0.2, 0) is 9.59 Å². The monoisotopic (exact) mass is 354 g/mol. The molecule has 0 spiro atoms. The lowest BCUT2D eigenvalue weighted by Gasteiger charge is -2.21. The van der Waals surface area contributed by atoms with Crippen LogP contribution >= 0.6 is 0 Å². The van der Waals surface area contributed by atoms with Gasteiger partial charge in [0, 0.05) is 18.8 Å². The lowest BCUT2D eigenvalue weighted by Crippen LogP contribution is -2.34. The standard InChI is InChI=1S/C22H30N2O2/c1-3-24(18-11-7-8-16(2)14-18)22(26)20-15-19(20)21(25)23-13-12-17-9-5-4-6-10-17/h7-9,11,14,19-20H,3-6,10,12-13,15H2,1-2H3,(H,23,25). The minimum atomic E-state index is -0.163. The number of carbonyl (C=O) groups is 2. The number of carbonyl (C=O) groups excluding carboxylic acids is 2. The smallest absolute Gasteiger partial charge is 0.230 e. The Bertz CT molecular complexity index is 695. The second-order valence-corrected chi connectivity index (χ2v) is 7.52. The van der Waals surface area contributed by atoms with Gasteiger partial charge in [-0.05, 0) is 70.1 Å². The average Bonchev–Trinajstić information content (AvgIpc) is 3.44. The van der Waals surface area contributed by atoms with E-state index < -0.39 is 0 Å². The summed E-state index contributed by atoms with van der Waals surface area (Å²) in [6.07, 6.45) is 8.84. The second kappa shape index (κ2) is 8.52. The van der Waals surface area contributed by atoms with Crippen LogP contribution in [-0.4, -0.2) is 24.9 Å². The number of hydrogen-bond donors (Lipinski definition) is 1. The van der Waals surface area contributed by atoms with Crippen LogP contribution < -0.4 is 10.2 Å². The quantitative estimate of drug-likeness (QED) is 0.753. The van der Waals surface area contributed by atoms with Crippen LogP contribution in [0.2, 0.25) is 0 Å². The van der Waals surface area contributed by atoms with Gasteiger partial charge < -0.3 is 10.2 Å². The molecular weight excluding hydrogens is 324 g/mol. The Morgan fingerprint density at radius 1 is 1.23 bits per heavy atom. The van der Waals surface area contributed by atoms with E-state index in [1.807, 2.05) is 38.1 Å². The van der Waals surface area contributed by atoms with Crippen molar-refractivity contribution < 1.29 is 9.59 Å². The van der Waals surface area contributed by atoms with E-state index in [-0.39, 0.29) is 23.7 Å². The molecule has 3 rings (SSSR count). The Labute approximate surface area is 156 Å². The van der Waals surface area contributed by atoms with Crippen molar-refractivity contribution in [3.05, 3.63) is 41.5 Å². The molecule has 1 fully saturated rings. The normalized spacial score (nSPS) is 21.7. The van der Waals surface area contributed by atoms with Gasteiger partial charge in [0.1, 0.15) is 0 Å². The number of allylic oxidation sites excluding steroid dienone is 1. The first-order valence-corrected chi connectivity index (χ1v) is 9.93. The van der Waals surface area contributed by atoms with Crippen LogP contribution in [0.3, 0.4) is 0 Å². The summed E-state index contributed by atoms with van der Waals surface area (Å²) in [5.41, 5.74) is 3.53. The zero-order chi connectivity index (χ0) is 18.5. The largest absolute Gasteiger partial charge is 0.356 e. The molecule has 1 aromatic rings. The van der Waals surface area contributed by atoms with E-state index in [1.54, 1.807) is 4.90 Å². The summed E-state index contributed by atoms with van der Waals surface area (Å²) >= 11 is 0. The van der Waals surface area contributed by atoms with Crippen molar-refractivity contribution in [1.29, 1.82) is 0 Å². The van der Waals surface area contributed by atoms with Crippen molar-refractivity contribution >= 4 is 17.5 Å². The zero-order valence-electron chi connectivity index (χ0n) is 16.0. The van der Waals surface area contributed by atoms with Gasteiger partial charge >= 0.3 is 0 Å². The molecule has 4 heteroatoms. The second-order valence-electron chi connectivity index (χ2n) is 7.52. The highest BCUT2D eigenvalue weighted by molar-refractivity contribution is 6.01. The van der Waals surface area contributed by atoms with E-state index in [0.29, 0.717) is 19.5 Å². The van der Waals surface area contributed by atoms with Gasteiger partial charge in [0.25, 0.3) is 0 Å². The highest BCUT2D eigenvalue weighted by Crippen LogP contribution is 2.41. The number of rotatable bonds is 7. The maximum atomic E-state index is 12.8. The van der Waals surface area contributed by atoms with Crippen LogP contribution in [0.4, 0.5) is 5.69 Å². The van der Waals surface area contributed by atoms with Crippen LogP contribution in [0.1, 0.15) is 51.0 Å². The predicted octanol–water partition coefficient (Wildman–Crippen LogP) is 3.99. The van der Waals surface area contributed by atoms with Crippen LogP contribution in [0.15, 0.2) is 35.9 Å². The summed E-state index contributed by atoms with van der Waals surface area (Å²) < 4.78 is 0. The van der Waals surface area contributed by atoms with Crippen molar-refractivity contribution in [1.82, 2.24) is 5.32 Å². The lowest BCUT2D eigenvalue weighted by atomic mass is 9.97. The van der Waals surface area contributed by atoms with Gasteiger partial charge in [-0.25, -0.2) is 0 Å². The molecular formula is C22H30N2O2. The topological polar surface area (TPSA) is 49.4 Å². The summed E-state index contributed by atoms with van der Waals surface area (Å²) in [6, 6.07) is 7.98. The first-order valence-electron chi connectivity index (χ1n) is 9.93. The summed E-state index contributed by atoms with van der Waals surface area (Å²) in [5, 5.41) is 3.03. The van der Waals surface area contributed by atoms with Gasteiger partial charge in [0.15, 0.2) is 0 Å². The molecule has 140 valence electrons. The lowest BCUT2D eigenvalue weighted by molar-refractivity contribution is -0.126. The molecule has 0 aromatic heterocycles. The van der Waals surface area contributed by atoms with Crippen molar-refractivity contribution in [2.24, 2.45) is 11.8 Å². The summed E-state index contributed by atoms with van der Waals surface area (Å²) in [7, 11) is 0. The van der Waals surface area contributed by atoms with E-state index in [4.69, 9.17) is 0 Å². The first-order chi connectivity index (χ1) is 12.6. The number of nitrogens with zero attached hydrogens (tertiary/aromatic N) is 1. The fraction of sp³-hybridized carbons (Fsp3) is 0.545. The minimum Gasteiger partial charge on any atom is -0.356 e. The zero-order valence-corrected chi connectivity index (χ0v) is 16.0. The van der Waals surface area contributed by atoms with Gasteiger partial charge in [0.2, 0.25) is 11.8 Å². The van der Waals surface area contributed by atoms with Crippen LogP contribution in [0.25, 0.3) is 0 Å². The maximum absolute atomic E-state index is 12.8. The number of nitrogens with one attached hydrogen (secondary N) is 1. The van der Waals surface area contributed by atoms with Gasteiger partial charge in [-0.15, -0.1) is 0 Å². The number of benzene rings is 1. The Balaban J connectivity index is 1.49. The third kappa shape index (κ3) is 4.54. The van der Waals surface area contributed by atoms with Gasteiger partial charge in [-0.3, -0.25) is 9.59 Å². The highest BCUT2D eigenvalue weighted by atomic mass is 16.2. The minimum absolute atomic E-state index is 0.0417. The van der Waals surface area contributed by atoms with E-state index in [0.717, 1.165) is 17.7 Å². The molecule has 2 unspecified atom stereocenters. The Morgan fingerprint density at radius 3 is 2.77 bits per heavy atom. The molecule has 0 radical (unpaired) electrons. The highest BCUT2D eigenvalue weighted by Gasteiger charge is 2.49. The average molecular weight is 354 g/mol. The molecule has 2 atom stereocenters. The van der Waals surface area contributed by atoms with Crippen molar-refractivity contribution in [2.75, 3.05) is 18.0 Å². The van der Waals surface area contributed by atoms with E-state index in [2.05, 4.69) is 11.4 Å². The van der Waals surface area contributed by atoms with Gasteiger partial charge in [0.05, 0.1) is 11.8 Å². The number of amides is 2. The van der Waals surface area contributed by atoms with E-state index >= 15 is 0 Å². The van der Waals surface area contributed by atoms with E-state index in [1.165, 1.54) is 31.3 Å². The maximum Gasteiger partial charge on any atom is 0.230 e. The number of hydrogen-bond acceptors (Lipinski definition) is 2. The van der Waals surface area contributed by atoms with Crippen LogP contribution in [0.5, 0.6) is 0 Å². The van der Waals surface area contributed by atoms with Crippen molar-refractivity contribution in [3.8, 4) is 0 Å². The van der Waals surface area contributed by atoms with E-state index in [9.17, 15) is 9.59 Å². The van der Waals surface area contributed by atoms with Crippen molar-refractivity contribution in [3.63, 3.8) is 0 Å². The molecule has 0 bridgehead atoms. The molecule has 26 heavy (non-hydrogen) atoms. The Hall–Kier alpha value is -2.10. The Kier molecular flexibility index (Phi) is 6.12. The SMILES string of the molecule is CCN(C(=O)C1CC1C(=O)NCCC1=CCCCC1)c1cccc(C)c1. The summed E-state index contributed by atoms with van der Waals surface area (Å²) in [6.45, 7) is 5.32. The van der Waals surface area contributed by atoms with Gasteiger partial charge in [-0.2, -0.15) is 0 Å². The Morgan fingerprint density at radius 2 is 2.08 bits per heavy atom. The third-order valence-electron chi connectivity index (χ3n) is 5.47.